The van der Waals surface area contributed by atoms with Gasteiger partial charge in [-0.05, 0) is 28.1 Å². The fourth-order valence-electron chi connectivity index (χ4n) is 1.19. The molecule has 2 rings (SSSR count). The molecule has 0 aliphatic heterocycles. The Balaban J connectivity index is 2.38. The largest absolute Gasteiger partial charge is 0.436 e. The van der Waals surface area contributed by atoms with Crippen molar-refractivity contribution in [2.24, 2.45) is 0 Å². The number of ether oxygens (including phenoxy) is 1. The van der Waals surface area contributed by atoms with Gasteiger partial charge in [0.2, 0.25) is 11.8 Å². The summed E-state index contributed by atoms with van der Waals surface area (Å²) in [6.45, 7) is 0. The van der Waals surface area contributed by atoms with Gasteiger partial charge < -0.3 is 10.5 Å². The first-order chi connectivity index (χ1) is 8.20. The van der Waals surface area contributed by atoms with Gasteiger partial charge in [-0.15, -0.1) is 0 Å². The van der Waals surface area contributed by atoms with Gasteiger partial charge in [0.15, 0.2) is 0 Å². The van der Waals surface area contributed by atoms with E-state index in [1.54, 1.807) is 24.3 Å². The Morgan fingerprint density at radius 2 is 2.12 bits per heavy atom. The summed E-state index contributed by atoms with van der Waals surface area (Å²) in [5, 5.41) is 8.92. The van der Waals surface area contributed by atoms with Crippen LogP contribution in [0.15, 0.2) is 34.9 Å². The molecular formula is C11H7BrN4O. The lowest BCUT2D eigenvalue weighted by molar-refractivity contribution is 0.458. The molecule has 0 bridgehead atoms. The Labute approximate surface area is 106 Å². The Morgan fingerprint density at radius 1 is 1.35 bits per heavy atom. The topological polar surface area (TPSA) is 84.8 Å². The smallest absolute Gasteiger partial charge is 0.238 e. The normalized spacial score (nSPS) is 9.65. The summed E-state index contributed by atoms with van der Waals surface area (Å²) < 4.78 is 6.08. The van der Waals surface area contributed by atoms with Crippen molar-refractivity contribution in [3.05, 3.63) is 40.5 Å². The summed E-state index contributed by atoms with van der Waals surface area (Å²) in [4.78, 5) is 7.73. The second-order valence-electron chi connectivity index (χ2n) is 3.09. The zero-order chi connectivity index (χ0) is 12.3. The Kier molecular flexibility index (Phi) is 3.21. The zero-order valence-corrected chi connectivity index (χ0v) is 10.2. The van der Waals surface area contributed by atoms with E-state index in [1.807, 2.05) is 6.07 Å². The monoisotopic (exact) mass is 290 g/mol. The van der Waals surface area contributed by atoms with Gasteiger partial charge in [-0.3, -0.25) is 0 Å². The first-order valence-electron chi connectivity index (χ1n) is 4.65. The van der Waals surface area contributed by atoms with Crippen molar-refractivity contribution in [3.63, 3.8) is 0 Å². The molecule has 0 fully saturated rings. The first kappa shape index (κ1) is 11.4. The molecule has 0 atom stereocenters. The Hall–Kier alpha value is -2.13. The standard InChI is InChI=1S/C11H7BrN4O/c12-8-6-15-11(14)16-10(8)17-9-4-2-1-3-7(9)5-13/h1-4,6H,(H2,14,15,16). The molecule has 0 unspecified atom stereocenters. The van der Waals surface area contributed by atoms with Crippen LogP contribution < -0.4 is 10.5 Å². The van der Waals surface area contributed by atoms with Gasteiger partial charge >= 0.3 is 0 Å². The molecule has 1 aromatic carbocycles. The number of halogens is 1. The van der Waals surface area contributed by atoms with Crippen molar-refractivity contribution < 1.29 is 4.74 Å². The molecular weight excluding hydrogens is 284 g/mol. The van der Waals surface area contributed by atoms with Crippen molar-refractivity contribution in [1.82, 2.24) is 9.97 Å². The predicted octanol–water partition coefficient (Wildman–Crippen LogP) is 2.49. The number of hydrogen-bond acceptors (Lipinski definition) is 5. The highest BCUT2D eigenvalue weighted by Gasteiger charge is 2.08. The van der Waals surface area contributed by atoms with E-state index >= 15 is 0 Å². The van der Waals surface area contributed by atoms with Crippen LogP contribution in [-0.2, 0) is 0 Å². The van der Waals surface area contributed by atoms with E-state index in [9.17, 15) is 0 Å². The molecule has 2 aromatic rings. The molecule has 5 nitrogen and oxygen atoms in total. The van der Waals surface area contributed by atoms with Crippen molar-refractivity contribution in [3.8, 4) is 17.7 Å². The number of nitriles is 1. The van der Waals surface area contributed by atoms with Gasteiger partial charge in [0.25, 0.3) is 0 Å². The molecule has 2 N–H and O–H groups in total. The van der Waals surface area contributed by atoms with Crippen LogP contribution in [-0.4, -0.2) is 9.97 Å². The number of aromatic nitrogens is 2. The summed E-state index contributed by atoms with van der Waals surface area (Å²) >= 11 is 3.25. The minimum absolute atomic E-state index is 0.109. The lowest BCUT2D eigenvalue weighted by Gasteiger charge is -2.07. The molecule has 0 amide bonds. The molecule has 0 aliphatic rings. The number of rotatable bonds is 2. The van der Waals surface area contributed by atoms with E-state index in [1.165, 1.54) is 6.20 Å². The molecule has 84 valence electrons. The minimum Gasteiger partial charge on any atom is -0.436 e. The Morgan fingerprint density at radius 3 is 2.88 bits per heavy atom. The number of nitrogen functional groups attached to an aromatic ring is 1. The average molecular weight is 291 g/mol. The van der Waals surface area contributed by atoms with Crippen LogP contribution in [0.2, 0.25) is 0 Å². The second kappa shape index (κ2) is 4.80. The molecule has 1 aromatic heterocycles. The zero-order valence-electron chi connectivity index (χ0n) is 8.59. The fraction of sp³-hybridized carbons (Fsp3) is 0. The van der Waals surface area contributed by atoms with Crippen molar-refractivity contribution in [2.75, 3.05) is 5.73 Å². The Bertz CT molecular complexity index is 594. The van der Waals surface area contributed by atoms with E-state index in [2.05, 4.69) is 25.9 Å². The lowest BCUT2D eigenvalue weighted by Crippen LogP contribution is -1.98. The number of benzene rings is 1. The summed E-state index contributed by atoms with van der Waals surface area (Å²) in [7, 11) is 0. The number of nitrogens with two attached hydrogens (primary N) is 1. The maximum Gasteiger partial charge on any atom is 0.238 e. The number of anilines is 1. The quantitative estimate of drug-likeness (QED) is 0.918. The van der Waals surface area contributed by atoms with Crippen LogP contribution in [0.4, 0.5) is 5.95 Å². The van der Waals surface area contributed by atoms with Crippen molar-refractivity contribution in [1.29, 1.82) is 5.26 Å². The van der Waals surface area contributed by atoms with Gasteiger partial charge in [0.1, 0.15) is 11.8 Å². The van der Waals surface area contributed by atoms with Crippen LogP contribution in [0.1, 0.15) is 5.56 Å². The number of hydrogen-bond donors (Lipinski definition) is 1. The third kappa shape index (κ3) is 2.52. The van der Waals surface area contributed by atoms with Crippen LogP contribution >= 0.6 is 15.9 Å². The highest BCUT2D eigenvalue weighted by molar-refractivity contribution is 9.10. The van der Waals surface area contributed by atoms with Gasteiger partial charge in [-0.1, -0.05) is 12.1 Å². The molecule has 1 heterocycles. The van der Waals surface area contributed by atoms with Gasteiger partial charge in [0.05, 0.1) is 16.2 Å². The molecule has 0 saturated carbocycles. The van der Waals surface area contributed by atoms with Crippen LogP contribution in [0, 0.1) is 11.3 Å². The fourth-order valence-corrected chi connectivity index (χ4v) is 1.46. The number of nitrogens with zero attached hydrogens (tertiary/aromatic N) is 3. The van der Waals surface area contributed by atoms with E-state index in [4.69, 9.17) is 15.7 Å². The molecule has 0 saturated heterocycles. The average Bonchev–Trinajstić information content (AvgIpc) is 2.34. The van der Waals surface area contributed by atoms with Crippen molar-refractivity contribution >= 4 is 21.9 Å². The van der Waals surface area contributed by atoms with Gasteiger partial charge in [-0.25, -0.2) is 4.98 Å². The summed E-state index contributed by atoms with van der Waals surface area (Å²) in [6, 6.07) is 8.91. The van der Waals surface area contributed by atoms with Gasteiger partial charge in [0, 0.05) is 0 Å². The molecule has 17 heavy (non-hydrogen) atoms. The predicted molar refractivity (Wildman–Crippen MR) is 65.4 cm³/mol. The van der Waals surface area contributed by atoms with Crippen LogP contribution in [0.3, 0.4) is 0 Å². The van der Waals surface area contributed by atoms with E-state index < -0.39 is 0 Å². The third-order valence-electron chi connectivity index (χ3n) is 1.94. The molecule has 6 heteroatoms. The summed E-state index contributed by atoms with van der Waals surface area (Å²) in [6.07, 6.45) is 1.49. The molecule has 0 spiro atoms. The van der Waals surface area contributed by atoms with E-state index in [-0.39, 0.29) is 11.8 Å². The van der Waals surface area contributed by atoms with Crippen molar-refractivity contribution in [2.45, 2.75) is 0 Å². The second-order valence-corrected chi connectivity index (χ2v) is 3.95. The minimum atomic E-state index is 0.109. The van der Waals surface area contributed by atoms with E-state index in [0.29, 0.717) is 15.8 Å². The first-order valence-corrected chi connectivity index (χ1v) is 5.45. The lowest BCUT2D eigenvalue weighted by atomic mass is 10.2. The van der Waals surface area contributed by atoms with Gasteiger partial charge in [-0.2, -0.15) is 10.2 Å². The highest BCUT2D eigenvalue weighted by Crippen LogP contribution is 2.29. The SMILES string of the molecule is N#Cc1ccccc1Oc1nc(N)ncc1Br. The molecule has 0 radical (unpaired) electrons. The third-order valence-corrected chi connectivity index (χ3v) is 2.49. The maximum atomic E-state index is 8.92. The van der Waals surface area contributed by atoms with Crippen LogP contribution in [0.5, 0.6) is 11.6 Å². The summed E-state index contributed by atoms with van der Waals surface area (Å²) in [5.74, 6) is 0.812. The molecule has 0 aliphatic carbocycles. The van der Waals surface area contributed by atoms with E-state index in [0.717, 1.165) is 0 Å². The number of para-hydroxylation sites is 1. The highest BCUT2D eigenvalue weighted by atomic mass is 79.9. The van der Waals surface area contributed by atoms with Crippen LogP contribution in [0.25, 0.3) is 0 Å². The summed E-state index contributed by atoms with van der Waals surface area (Å²) in [5.41, 5.74) is 5.89. The maximum absolute atomic E-state index is 8.92.